The fourth-order valence-corrected chi connectivity index (χ4v) is 3.89. The molecule has 2 heterocycles. The van der Waals surface area contributed by atoms with Crippen molar-refractivity contribution in [1.82, 2.24) is 19.2 Å². The number of nitrogens with zero attached hydrogens (tertiary/aromatic N) is 4. The lowest BCUT2D eigenvalue weighted by Gasteiger charge is -2.08. The molecule has 1 N–H and O–H groups in total. The van der Waals surface area contributed by atoms with Crippen molar-refractivity contribution < 1.29 is 9.18 Å². The van der Waals surface area contributed by atoms with E-state index in [0.29, 0.717) is 26.3 Å². The quantitative estimate of drug-likeness (QED) is 0.471. The third-order valence-corrected chi connectivity index (χ3v) is 5.56. The molecule has 4 rings (SSSR count). The van der Waals surface area contributed by atoms with E-state index in [-0.39, 0.29) is 22.9 Å². The molecule has 142 valence electrons. The predicted molar refractivity (Wildman–Crippen MR) is 109 cm³/mol. The van der Waals surface area contributed by atoms with E-state index < -0.39 is 5.82 Å². The minimum absolute atomic E-state index is 0.00741. The van der Waals surface area contributed by atoms with E-state index in [1.807, 2.05) is 6.07 Å². The number of rotatable bonds is 4. The molecule has 0 saturated carbocycles. The molecule has 0 aliphatic carbocycles. The molecule has 10 heteroatoms. The van der Waals surface area contributed by atoms with Gasteiger partial charge in [0.2, 0.25) is 11.7 Å². The van der Waals surface area contributed by atoms with Gasteiger partial charge in [0.15, 0.2) is 5.16 Å². The molecule has 0 fully saturated rings. The first-order valence-corrected chi connectivity index (χ1v) is 9.94. The summed E-state index contributed by atoms with van der Waals surface area (Å²) >= 11 is 4.33. The zero-order valence-electron chi connectivity index (χ0n) is 14.5. The first-order valence-electron chi connectivity index (χ1n) is 8.16. The SMILES string of the molecule is Cn1c(=O)c2ccccc2n2c(SCC(=O)Nc3ccc(Br)cc3F)nnc12. The number of anilines is 1. The highest BCUT2D eigenvalue weighted by atomic mass is 79.9. The number of hydrogen-bond acceptors (Lipinski definition) is 5. The number of hydrogen-bond donors (Lipinski definition) is 1. The first kappa shape index (κ1) is 18.6. The van der Waals surface area contributed by atoms with Crippen LogP contribution in [0.3, 0.4) is 0 Å². The molecule has 0 aliphatic heterocycles. The predicted octanol–water partition coefficient (Wildman–Crippen LogP) is 3.21. The van der Waals surface area contributed by atoms with Crippen molar-refractivity contribution in [3.8, 4) is 0 Å². The van der Waals surface area contributed by atoms with Gasteiger partial charge in [0, 0.05) is 11.5 Å². The molecule has 1 amide bonds. The Bertz CT molecular complexity index is 1290. The van der Waals surface area contributed by atoms with Crippen LogP contribution in [0.15, 0.2) is 56.9 Å². The van der Waals surface area contributed by atoms with E-state index in [1.54, 1.807) is 35.7 Å². The zero-order valence-corrected chi connectivity index (χ0v) is 16.9. The van der Waals surface area contributed by atoms with Gasteiger partial charge in [-0.25, -0.2) is 4.39 Å². The number of nitrogens with one attached hydrogen (secondary N) is 1. The van der Waals surface area contributed by atoms with Crippen molar-refractivity contribution in [3.05, 3.63) is 63.1 Å². The average Bonchev–Trinajstić information content (AvgIpc) is 3.11. The number of halogens is 2. The second-order valence-electron chi connectivity index (χ2n) is 5.96. The third kappa shape index (κ3) is 3.29. The summed E-state index contributed by atoms with van der Waals surface area (Å²) in [6.07, 6.45) is 0. The number of thioether (sulfide) groups is 1. The molecule has 0 aliphatic rings. The summed E-state index contributed by atoms with van der Waals surface area (Å²) in [5.41, 5.74) is 0.593. The van der Waals surface area contributed by atoms with Gasteiger partial charge in [-0.05, 0) is 30.3 Å². The summed E-state index contributed by atoms with van der Waals surface area (Å²) in [5, 5.41) is 11.7. The molecule has 2 aromatic heterocycles. The number of aromatic nitrogens is 4. The minimum atomic E-state index is -0.526. The highest BCUT2D eigenvalue weighted by molar-refractivity contribution is 9.10. The van der Waals surface area contributed by atoms with Crippen LogP contribution in [0.25, 0.3) is 16.7 Å². The Kier molecular flexibility index (Phi) is 4.90. The maximum absolute atomic E-state index is 13.9. The summed E-state index contributed by atoms with van der Waals surface area (Å²) in [4.78, 5) is 24.7. The number of amides is 1. The fourth-order valence-electron chi connectivity index (χ4n) is 2.81. The van der Waals surface area contributed by atoms with E-state index in [9.17, 15) is 14.0 Å². The second kappa shape index (κ2) is 7.36. The number of aryl methyl sites for hydroxylation is 1. The van der Waals surface area contributed by atoms with Gasteiger partial charge < -0.3 is 5.32 Å². The Labute approximate surface area is 170 Å². The molecule has 0 spiro atoms. The number of carbonyl (C=O) groups excluding carboxylic acids is 1. The Morgan fingerprint density at radius 1 is 1.25 bits per heavy atom. The van der Waals surface area contributed by atoms with E-state index in [2.05, 4.69) is 31.4 Å². The van der Waals surface area contributed by atoms with E-state index in [4.69, 9.17) is 0 Å². The van der Waals surface area contributed by atoms with Crippen LogP contribution in [0.1, 0.15) is 0 Å². The number of para-hydroxylation sites is 1. The van der Waals surface area contributed by atoms with Crippen LogP contribution in [-0.4, -0.2) is 30.8 Å². The largest absolute Gasteiger partial charge is 0.323 e. The van der Waals surface area contributed by atoms with Crippen LogP contribution < -0.4 is 10.9 Å². The van der Waals surface area contributed by atoms with Crippen molar-refractivity contribution in [2.45, 2.75) is 5.16 Å². The van der Waals surface area contributed by atoms with Crippen LogP contribution in [0.2, 0.25) is 0 Å². The second-order valence-corrected chi connectivity index (χ2v) is 7.82. The molecule has 2 aromatic carbocycles. The van der Waals surface area contributed by atoms with Crippen LogP contribution in [0.4, 0.5) is 10.1 Å². The Morgan fingerprint density at radius 3 is 2.82 bits per heavy atom. The van der Waals surface area contributed by atoms with E-state index in [1.165, 1.54) is 16.7 Å². The summed E-state index contributed by atoms with van der Waals surface area (Å²) < 4.78 is 17.6. The van der Waals surface area contributed by atoms with Gasteiger partial charge in [-0.1, -0.05) is 39.8 Å². The maximum Gasteiger partial charge on any atom is 0.262 e. The highest BCUT2D eigenvalue weighted by Crippen LogP contribution is 2.23. The third-order valence-electron chi connectivity index (χ3n) is 4.13. The molecule has 4 aromatic rings. The number of fused-ring (bicyclic) bond motifs is 3. The van der Waals surface area contributed by atoms with Gasteiger partial charge in [-0.2, -0.15) is 0 Å². The highest BCUT2D eigenvalue weighted by Gasteiger charge is 2.16. The summed E-state index contributed by atoms with van der Waals surface area (Å²) in [7, 11) is 1.62. The maximum atomic E-state index is 13.9. The molecular formula is C18H13BrFN5O2S. The van der Waals surface area contributed by atoms with Crippen molar-refractivity contribution in [2.24, 2.45) is 7.05 Å². The summed E-state index contributed by atoms with van der Waals surface area (Å²) in [6, 6.07) is 11.5. The first-order chi connectivity index (χ1) is 13.5. The number of benzene rings is 2. The van der Waals surface area contributed by atoms with Crippen LogP contribution in [-0.2, 0) is 11.8 Å². The van der Waals surface area contributed by atoms with Gasteiger partial charge in [0.05, 0.1) is 22.3 Å². The summed E-state index contributed by atoms with van der Waals surface area (Å²) in [6.45, 7) is 0. The number of carbonyl (C=O) groups is 1. The van der Waals surface area contributed by atoms with Gasteiger partial charge in [-0.15, -0.1) is 10.2 Å². The lowest BCUT2D eigenvalue weighted by Crippen LogP contribution is -2.20. The van der Waals surface area contributed by atoms with Crippen molar-refractivity contribution in [1.29, 1.82) is 0 Å². The molecule has 0 unspecified atom stereocenters. The van der Waals surface area contributed by atoms with E-state index in [0.717, 1.165) is 11.8 Å². The zero-order chi connectivity index (χ0) is 19.8. The van der Waals surface area contributed by atoms with Gasteiger partial charge in [0.1, 0.15) is 5.82 Å². The smallest absolute Gasteiger partial charge is 0.262 e. The molecular weight excluding hydrogens is 449 g/mol. The van der Waals surface area contributed by atoms with Crippen molar-refractivity contribution in [3.63, 3.8) is 0 Å². The van der Waals surface area contributed by atoms with Crippen molar-refractivity contribution >= 4 is 56.0 Å². The summed E-state index contributed by atoms with van der Waals surface area (Å²) in [5.74, 6) is -0.516. The minimum Gasteiger partial charge on any atom is -0.323 e. The van der Waals surface area contributed by atoms with Crippen LogP contribution in [0, 0.1) is 5.82 Å². The standard InChI is InChI=1S/C18H13BrFN5O2S/c1-24-16(27)11-4-2-3-5-14(11)25-17(24)22-23-18(25)28-9-15(26)21-13-7-6-10(19)8-12(13)20/h2-8H,9H2,1H3,(H,21,26). The Hall–Kier alpha value is -2.72. The molecule has 0 atom stereocenters. The topological polar surface area (TPSA) is 81.3 Å². The van der Waals surface area contributed by atoms with Gasteiger partial charge in [0.25, 0.3) is 5.56 Å². The molecule has 0 bridgehead atoms. The Morgan fingerprint density at radius 2 is 2.04 bits per heavy atom. The molecule has 0 radical (unpaired) electrons. The fraction of sp³-hybridized carbons (Fsp3) is 0.111. The monoisotopic (exact) mass is 461 g/mol. The van der Waals surface area contributed by atoms with E-state index >= 15 is 0 Å². The van der Waals surface area contributed by atoms with Gasteiger partial charge >= 0.3 is 0 Å². The molecule has 0 saturated heterocycles. The molecule has 7 nitrogen and oxygen atoms in total. The normalized spacial score (nSPS) is 11.2. The van der Waals surface area contributed by atoms with Gasteiger partial charge in [-0.3, -0.25) is 18.6 Å². The van der Waals surface area contributed by atoms with Crippen LogP contribution >= 0.6 is 27.7 Å². The van der Waals surface area contributed by atoms with Crippen molar-refractivity contribution in [2.75, 3.05) is 11.1 Å². The Balaban J connectivity index is 1.62. The lowest BCUT2D eigenvalue weighted by atomic mass is 10.2. The van der Waals surface area contributed by atoms with Crippen LogP contribution in [0.5, 0.6) is 0 Å². The average molecular weight is 462 g/mol. The lowest BCUT2D eigenvalue weighted by molar-refractivity contribution is -0.113. The molecule has 28 heavy (non-hydrogen) atoms.